The van der Waals surface area contributed by atoms with E-state index in [1.807, 2.05) is 19.9 Å². The van der Waals surface area contributed by atoms with Crippen molar-refractivity contribution in [2.75, 3.05) is 13.7 Å². The van der Waals surface area contributed by atoms with Crippen LogP contribution in [0.3, 0.4) is 0 Å². The third kappa shape index (κ3) is 1.79. The summed E-state index contributed by atoms with van der Waals surface area (Å²) in [6.07, 6.45) is 1.42. The van der Waals surface area contributed by atoms with Crippen LogP contribution in [-0.4, -0.2) is 54.2 Å². The van der Waals surface area contributed by atoms with Crippen molar-refractivity contribution in [1.29, 1.82) is 0 Å². The van der Waals surface area contributed by atoms with E-state index in [1.54, 1.807) is 13.8 Å². The molecule has 4 bridgehead atoms. The number of aliphatic hydroxyl groups excluding tert-OH is 1. The Morgan fingerprint density at radius 2 is 1.87 bits per heavy atom. The summed E-state index contributed by atoms with van der Waals surface area (Å²) in [6, 6.07) is 0. The van der Waals surface area contributed by atoms with Gasteiger partial charge in [-0.2, -0.15) is 0 Å². The fourth-order valence-corrected chi connectivity index (χ4v) is 8.52. The Bertz CT molecular complexity index is 978. The van der Waals surface area contributed by atoms with E-state index < -0.39 is 51.9 Å². The molecule has 3 spiro atoms. The quantitative estimate of drug-likeness (QED) is 0.637. The molecule has 0 aromatic carbocycles. The van der Waals surface area contributed by atoms with E-state index in [0.717, 1.165) is 0 Å². The van der Waals surface area contributed by atoms with E-state index in [-0.39, 0.29) is 29.9 Å². The number of ketones is 2. The molecule has 0 unspecified atom stereocenters. The molecule has 3 aliphatic heterocycles. The zero-order chi connectivity index (χ0) is 22.4. The average Bonchev–Trinajstić information content (AvgIpc) is 2.80. The summed E-state index contributed by atoms with van der Waals surface area (Å²) < 4.78 is 24.7. The van der Waals surface area contributed by atoms with Gasteiger partial charge in [0.2, 0.25) is 11.6 Å². The summed E-state index contributed by atoms with van der Waals surface area (Å²) in [5.41, 5.74) is -2.47. The van der Waals surface area contributed by atoms with Crippen molar-refractivity contribution in [3.05, 3.63) is 24.0 Å². The lowest BCUT2D eigenvalue weighted by atomic mass is 9.36. The fraction of sp³-hybridized carbons (Fsp3) is 0.750. The number of carbonyl (C=O) groups is 2. The van der Waals surface area contributed by atoms with Gasteiger partial charge in [-0.3, -0.25) is 9.59 Å². The van der Waals surface area contributed by atoms with Crippen molar-refractivity contribution in [2.45, 2.75) is 64.3 Å². The standard InChI is InChI=1S/C24H30O7/c1-11-12-7-8-14-22-10-29-24(23(14,16(11)25)19(12)30-21(4,5)31-24)18(27)15(22)20(2,3)9-13(28-6)17(22)26/h9,12,14-15,18-19,27H,1,7-8,10H2,2-6H3/t12-,14-,15+,18-,19+,22-,23-,24-/m0/s1. The van der Waals surface area contributed by atoms with Crippen LogP contribution in [-0.2, 0) is 28.5 Å². The molecule has 7 heteroatoms. The van der Waals surface area contributed by atoms with Gasteiger partial charge in [0, 0.05) is 11.8 Å². The monoisotopic (exact) mass is 430 g/mol. The molecule has 1 N–H and O–H groups in total. The van der Waals surface area contributed by atoms with Crippen LogP contribution < -0.4 is 0 Å². The largest absolute Gasteiger partial charge is 0.493 e. The first-order valence-corrected chi connectivity index (χ1v) is 11.2. The molecule has 6 fully saturated rings. The van der Waals surface area contributed by atoms with Crippen LogP contribution in [0.2, 0.25) is 0 Å². The third-order valence-corrected chi connectivity index (χ3v) is 9.21. The van der Waals surface area contributed by atoms with Gasteiger partial charge < -0.3 is 24.1 Å². The van der Waals surface area contributed by atoms with Crippen molar-refractivity contribution in [2.24, 2.45) is 34.0 Å². The molecule has 0 aromatic rings. The number of fused-ring (bicyclic) bond motifs is 1. The lowest BCUT2D eigenvalue weighted by molar-refractivity contribution is -0.522. The first kappa shape index (κ1) is 20.1. The molecule has 7 nitrogen and oxygen atoms in total. The predicted molar refractivity (Wildman–Crippen MR) is 107 cm³/mol. The van der Waals surface area contributed by atoms with Crippen molar-refractivity contribution in [3.8, 4) is 0 Å². The third-order valence-electron chi connectivity index (χ3n) is 9.21. The van der Waals surface area contributed by atoms with E-state index in [9.17, 15) is 14.7 Å². The molecule has 8 atom stereocenters. The molecule has 3 saturated carbocycles. The zero-order valence-electron chi connectivity index (χ0n) is 18.7. The zero-order valence-corrected chi connectivity index (χ0v) is 18.7. The van der Waals surface area contributed by atoms with E-state index in [1.165, 1.54) is 7.11 Å². The molecule has 0 aromatic heterocycles. The maximum atomic E-state index is 14.0. The average molecular weight is 430 g/mol. The maximum Gasteiger partial charge on any atom is 0.213 e. The molecule has 0 amide bonds. The summed E-state index contributed by atoms with van der Waals surface area (Å²) in [5.74, 6) is -3.80. The van der Waals surface area contributed by atoms with Gasteiger partial charge in [0.15, 0.2) is 17.3 Å². The highest BCUT2D eigenvalue weighted by atomic mass is 16.8. The van der Waals surface area contributed by atoms with Crippen LogP contribution in [0.1, 0.15) is 40.5 Å². The number of methoxy groups -OCH3 is 1. The highest BCUT2D eigenvalue weighted by molar-refractivity contribution is 6.08. The molecule has 0 radical (unpaired) electrons. The maximum absolute atomic E-state index is 14.0. The number of hydrogen-bond acceptors (Lipinski definition) is 7. The van der Waals surface area contributed by atoms with Crippen LogP contribution >= 0.6 is 0 Å². The van der Waals surface area contributed by atoms with Crippen molar-refractivity contribution >= 4 is 11.6 Å². The van der Waals surface area contributed by atoms with Crippen molar-refractivity contribution in [1.82, 2.24) is 0 Å². The Hall–Kier alpha value is -1.54. The summed E-state index contributed by atoms with van der Waals surface area (Å²) in [5, 5.41) is 12.0. The highest BCUT2D eigenvalue weighted by Crippen LogP contribution is 2.78. The molecule has 4 aliphatic carbocycles. The Morgan fingerprint density at radius 1 is 1.16 bits per heavy atom. The Kier molecular flexibility index (Phi) is 3.45. The Balaban J connectivity index is 1.70. The predicted octanol–water partition coefficient (Wildman–Crippen LogP) is 2.13. The molecule has 7 rings (SSSR count). The normalized spacial score (nSPS) is 53.0. The lowest BCUT2D eigenvalue weighted by Crippen LogP contribution is -2.88. The summed E-state index contributed by atoms with van der Waals surface area (Å²) in [4.78, 5) is 27.9. The van der Waals surface area contributed by atoms with Crippen molar-refractivity contribution < 1.29 is 33.6 Å². The van der Waals surface area contributed by atoms with Crippen LogP contribution in [0.4, 0.5) is 0 Å². The van der Waals surface area contributed by atoms with Crippen LogP contribution in [0.5, 0.6) is 0 Å². The van der Waals surface area contributed by atoms with Crippen LogP contribution in [0, 0.1) is 34.0 Å². The Morgan fingerprint density at radius 3 is 2.55 bits per heavy atom. The van der Waals surface area contributed by atoms with Crippen LogP contribution in [0.15, 0.2) is 24.0 Å². The summed E-state index contributed by atoms with van der Waals surface area (Å²) in [6.45, 7) is 11.8. The summed E-state index contributed by atoms with van der Waals surface area (Å²) >= 11 is 0. The van der Waals surface area contributed by atoms with Gasteiger partial charge in [0.1, 0.15) is 11.5 Å². The van der Waals surface area contributed by atoms with E-state index in [0.29, 0.717) is 18.4 Å². The molecular formula is C24H30O7. The topological polar surface area (TPSA) is 91.3 Å². The number of rotatable bonds is 1. The van der Waals surface area contributed by atoms with Crippen molar-refractivity contribution in [3.63, 3.8) is 0 Å². The number of hydrogen-bond donors (Lipinski definition) is 1. The molecule has 31 heavy (non-hydrogen) atoms. The van der Waals surface area contributed by atoms with Gasteiger partial charge in [-0.05, 0) is 49.7 Å². The Labute approximate surface area is 181 Å². The second-order valence-corrected chi connectivity index (χ2v) is 11.3. The van der Waals surface area contributed by atoms with Crippen LogP contribution in [0.25, 0.3) is 0 Å². The van der Waals surface area contributed by atoms with E-state index in [2.05, 4.69) is 6.58 Å². The highest BCUT2D eigenvalue weighted by Gasteiger charge is 2.90. The van der Waals surface area contributed by atoms with Gasteiger partial charge in [-0.1, -0.05) is 20.4 Å². The SMILES string of the molecule is C=C1C(=O)[C@@]23[C@@H]4OC(C)(C)O[C@]25OC[C@]2(C(=O)C(OC)=CC(C)(C)[C@H]2[C@@H]5O)[C@@H]3CC[C@@H]14. The number of carbonyl (C=O) groups excluding carboxylic acids is 2. The number of ether oxygens (including phenoxy) is 4. The second-order valence-electron chi connectivity index (χ2n) is 11.3. The minimum Gasteiger partial charge on any atom is -0.493 e. The van der Waals surface area contributed by atoms with Gasteiger partial charge in [0.05, 0.1) is 25.2 Å². The smallest absolute Gasteiger partial charge is 0.213 e. The van der Waals surface area contributed by atoms with Gasteiger partial charge >= 0.3 is 0 Å². The number of aliphatic hydroxyl groups is 1. The van der Waals surface area contributed by atoms with Gasteiger partial charge in [-0.25, -0.2) is 0 Å². The van der Waals surface area contributed by atoms with E-state index >= 15 is 0 Å². The fourth-order valence-electron chi connectivity index (χ4n) is 8.52. The molecule has 168 valence electrons. The lowest BCUT2D eigenvalue weighted by Gasteiger charge is -2.75. The first-order valence-electron chi connectivity index (χ1n) is 11.2. The minimum absolute atomic E-state index is 0.0807. The molecular weight excluding hydrogens is 400 g/mol. The second kappa shape index (κ2) is 5.33. The number of allylic oxidation sites excluding steroid dienone is 2. The first-order chi connectivity index (χ1) is 14.4. The molecule has 7 aliphatic rings. The minimum atomic E-state index is -1.58. The number of Topliss-reactive ketones (excluding diaryl/α,β-unsaturated/α-hetero) is 2. The van der Waals surface area contributed by atoms with E-state index in [4.69, 9.17) is 18.9 Å². The van der Waals surface area contributed by atoms with Gasteiger partial charge in [-0.15, -0.1) is 0 Å². The van der Waals surface area contributed by atoms with Gasteiger partial charge in [0.25, 0.3) is 0 Å². The summed E-state index contributed by atoms with van der Waals surface area (Å²) in [7, 11) is 1.49. The molecule has 3 saturated heterocycles. The molecule has 3 heterocycles.